The molecule has 1 unspecified atom stereocenters. The Balaban J connectivity index is 1.66. The number of aromatic nitrogens is 3. The van der Waals surface area contributed by atoms with Crippen LogP contribution in [0.1, 0.15) is 0 Å². The SMILES string of the molecule is CS(=O)c1ccc(Nc2ncnc3sc(Nc4c(Cl)cccc4Cl)nc23)cc1F. The van der Waals surface area contributed by atoms with Gasteiger partial charge in [-0.25, -0.2) is 19.3 Å². The zero-order valence-electron chi connectivity index (χ0n) is 14.7. The molecule has 0 aliphatic heterocycles. The van der Waals surface area contributed by atoms with Crippen molar-refractivity contribution in [1.82, 2.24) is 15.0 Å². The highest BCUT2D eigenvalue weighted by molar-refractivity contribution is 7.84. The van der Waals surface area contributed by atoms with Crippen molar-refractivity contribution in [3.8, 4) is 0 Å². The van der Waals surface area contributed by atoms with Gasteiger partial charge in [0.05, 0.1) is 31.4 Å². The predicted molar refractivity (Wildman–Crippen MR) is 117 cm³/mol. The average Bonchev–Trinajstić information content (AvgIpc) is 3.08. The molecule has 2 heterocycles. The van der Waals surface area contributed by atoms with E-state index < -0.39 is 16.6 Å². The van der Waals surface area contributed by atoms with Crippen molar-refractivity contribution in [3.05, 3.63) is 58.6 Å². The van der Waals surface area contributed by atoms with Gasteiger partial charge in [-0.05, 0) is 30.3 Å². The van der Waals surface area contributed by atoms with E-state index in [1.165, 1.54) is 36.1 Å². The van der Waals surface area contributed by atoms with Crippen molar-refractivity contribution in [3.63, 3.8) is 0 Å². The number of hydrogen-bond acceptors (Lipinski definition) is 7. The molecule has 2 aromatic carbocycles. The highest BCUT2D eigenvalue weighted by atomic mass is 35.5. The van der Waals surface area contributed by atoms with Gasteiger partial charge >= 0.3 is 0 Å². The maximum absolute atomic E-state index is 14.1. The Morgan fingerprint density at radius 3 is 2.55 bits per heavy atom. The highest BCUT2D eigenvalue weighted by Gasteiger charge is 2.14. The highest BCUT2D eigenvalue weighted by Crippen LogP contribution is 2.36. The first-order valence-corrected chi connectivity index (χ1v) is 11.3. The molecule has 2 aromatic heterocycles. The fourth-order valence-corrected chi connectivity index (χ4v) is 4.47. The molecule has 0 spiro atoms. The molecule has 148 valence electrons. The summed E-state index contributed by atoms with van der Waals surface area (Å²) < 4.78 is 25.6. The van der Waals surface area contributed by atoms with Crippen LogP contribution in [-0.2, 0) is 10.8 Å². The molecule has 0 amide bonds. The summed E-state index contributed by atoms with van der Waals surface area (Å²) in [7, 11) is -1.41. The van der Waals surface area contributed by atoms with Gasteiger partial charge in [-0.15, -0.1) is 0 Å². The summed E-state index contributed by atoms with van der Waals surface area (Å²) in [6, 6.07) is 9.55. The van der Waals surface area contributed by atoms with Crippen molar-refractivity contribution in [2.75, 3.05) is 16.9 Å². The molecule has 0 aliphatic rings. The van der Waals surface area contributed by atoms with Gasteiger partial charge in [0, 0.05) is 11.9 Å². The maximum atomic E-state index is 14.1. The Hall–Kier alpha value is -2.33. The molecule has 4 rings (SSSR count). The minimum Gasteiger partial charge on any atom is -0.338 e. The Labute approximate surface area is 181 Å². The average molecular weight is 468 g/mol. The molecule has 0 saturated heterocycles. The van der Waals surface area contributed by atoms with E-state index in [1.54, 1.807) is 24.3 Å². The van der Waals surface area contributed by atoms with Gasteiger partial charge in [-0.1, -0.05) is 40.6 Å². The predicted octanol–water partition coefficient (Wildman–Crippen LogP) is 5.76. The number of nitrogens with zero attached hydrogens (tertiary/aromatic N) is 3. The van der Waals surface area contributed by atoms with Gasteiger partial charge in [0.25, 0.3) is 0 Å². The van der Waals surface area contributed by atoms with Crippen LogP contribution in [0, 0.1) is 5.82 Å². The third kappa shape index (κ3) is 4.18. The molecule has 4 aromatic rings. The van der Waals surface area contributed by atoms with Gasteiger partial charge in [-0.3, -0.25) is 4.21 Å². The summed E-state index contributed by atoms with van der Waals surface area (Å²) in [5.74, 6) is -0.149. The number of nitrogens with one attached hydrogen (secondary N) is 2. The van der Waals surface area contributed by atoms with E-state index in [0.717, 1.165) is 0 Å². The van der Waals surface area contributed by atoms with Crippen LogP contribution >= 0.6 is 34.5 Å². The number of halogens is 3. The van der Waals surface area contributed by atoms with Gasteiger partial charge < -0.3 is 10.6 Å². The first-order valence-electron chi connectivity index (χ1n) is 8.15. The second kappa shape index (κ2) is 8.19. The quantitative estimate of drug-likeness (QED) is 0.388. The number of rotatable bonds is 5. The molecule has 1 atom stereocenters. The molecular formula is C18H12Cl2FN5OS2. The van der Waals surface area contributed by atoms with Gasteiger partial charge in [-0.2, -0.15) is 0 Å². The molecule has 6 nitrogen and oxygen atoms in total. The summed E-state index contributed by atoms with van der Waals surface area (Å²) in [4.78, 5) is 13.7. The third-order valence-corrected chi connectivity index (χ3v) is 6.35. The van der Waals surface area contributed by atoms with Crippen LogP contribution in [0.4, 0.5) is 26.7 Å². The molecule has 0 saturated carbocycles. The summed E-state index contributed by atoms with van der Waals surface area (Å²) in [6.45, 7) is 0. The number of thiazole rings is 1. The normalized spacial score (nSPS) is 12.1. The fraction of sp³-hybridized carbons (Fsp3) is 0.0556. The van der Waals surface area contributed by atoms with Gasteiger partial charge in [0.2, 0.25) is 0 Å². The monoisotopic (exact) mass is 467 g/mol. The van der Waals surface area contributed by atoms with E-state index in [1.807, 2.05) is 0 Å². The van der Waals surface area contributed by atoms with Crippen LogP contribution in [0.2, 0.25) is 10.0 Å². The lowest BCUT2D eigenvalue weighted by Gasteiger charge is -2.07. The molecule has 2 N–H and O–H groups in total. The van der Waals surface area contributed by atoms with Crippen molar-refractivity contribution in [2.24, 2.45) is 0 Å². The molecule has 29 heavy (non-hydrogen) atoms. The zero-order chi connectivity index (χ0) is 20.5. The number of fused-ring (bicyclic) bond motifs is 1. The molecule has 0 radical (unpaired) electrons. The minimum absolute atomic E-state index is 0.139. The first-order chi connectivity index (χ1) is 13.9. The molecule has 11 heteroatoms. The number of anilines is 4. The van der Waals surface area contributed by atoms with Crippen LogP contribution < -0.4 is 10.6 Å². The smallest absolute Gasteiger partial charge is 0.190 e. The number of hydrogen-bond donors (Lipinski definition) is 2. The third-order valence-electron chi connectivity index (χ3n) is 3.89. The van der Waals surface area contributed by atoms with E-state index in [-0.39, 0.29) is 4.90 Å². The Bertz CT molecular complexity index is 1230. The maximum Gasteiger partial charge on any atom is 0.190 e. The lowest BCUT2D eigenvalue weighted by atomic mass is 10.3. The Kier molecular flexibility index (Phi) is 5.64. The molecule has 0 fully saturated rings. The summed E-state index contributed by atoms with van der Waals surface area (Å²) in [6.07, 6.45) is 2.81. The first kappa shape index (κ1) is 20.0. The lowest BCUT2D eigenvalue weighted by Crippen LogP contribution is -1.98. The Morgan fingerprint density at radius 2 is 1.86 bits per heavy atom. The lowest BCUT2D eigenvalue weighted by molar-refractivity contribution is 0.596. The minimum atomic E-state index is -1.41. The molecule has 0 bridgehead atoms. The zero-order valence-corrected chi connectivity index (χ0v) is 17.9. The fourth-order valence-electron chi connectivity index (χ4n) is 2.57. The second-order valence-corrected chi connectivity index (χ2v) is 8.98. The number of para-hydroxylation sites is 1. The molecule has 0 aliphatic carbocycles. The van der Waals surface area contributed by atoms with Crippen molar-refractivity contribution in [1.29, 1.82) is 0 Å². The van der Waals surface area contributed by atoms with Crippen LogP contribution in [0.5, 0.6) is 0 Å². The van der Waals surface area contributed by atoms with Gasteiger partial charge in [0.15, 0.2) is 15.8 Å². The van der Waals surface area contributed by atoms with Crippen LogP contribution in [0.3, 0.4) is 0 Å². The van der Waals surface area contributed by atoms with Crippen LogP contribution in [0.15, 0.2) is 47.6 Å². The van der Waals surface area contributed by atoms with E-state index in [4.69, 9.17) is 23.2 Å². The molecular weight excluding hydrogens is 456 g/mol. The van der Waals surface area contributed by atoms with Crippen LogP contribution in [-0.4, -0.2) is 25.4 Å². The second-order valence-electron chi connectivity index (χ2n) is 5.84. The van der Waals surface area contributed by atoms with Crippen LogP contribution in [0.25, 0.3) is 10.3 Å². The van der Waals surface area contributed by atoms with E-state index in [9.17, 15) is 8.60 Å². The standard InChI is InChI=1S/C18H12Cl2FN5OS2/c1-29(27)13-6-5-9(7-12(13)21)24-16-15-17(23-8-22-16)28-18(26-15)25-14-10(19)3-2-4-11(14)20/h2-8H,1H3,(H,25,26)(H,22,23,24). The number of benzene rings is 2. The topological polar surface area (TPSA) is 79.8 Å². The van der Waals surface area contributed by atoms with Crippen molar-refractivity contribution >= 4 is 78.0 Å². The largest absolute Gasteiger partial charge is 0.338 e. The van der Waals surface area contributed by atoms with Crippen molar-refractivity contribution < 1.29 is 8.60 Å². The van der Waals surface area contributed by atoms with E-state index in [0.29, 0.717) is 42.7 Å². The summed E-state index contributed by atoms with van der Waals surface area (Å²) in [5.41, 5.74) is 1.50. The van der Waals surface area contributed by atoms with Gasteiger partial charge in [0.1, 0.15) is 17.7 Å². The summed E-state index contributed by atoms with van der Waals surface area (Å²) >= 11 is 13.7. The van der Waals surface area contributed by atoms with Crippen molar-refractivity contribution in [2.45, 2.75) is 4.90 Å². The Morgan fingerprint density at radius 1 is 1.10 bits per heavy atom. The van der Waals surface area contributed by atoms with E-state index >= 15 is 0 Å². The van der Waals surface area contributed by atoms with E-state index in [2.05, 4.69) is 25.6 Å². The summed E-state index contributed by atoms with van der Waals surface area (Å²) in [5, 5.41) is 7.59.